The van der Waals surface area contributed by atoms with Crippen LogP contribution in [0.4, 0.5) is 0 Å². The van der Waals surface area contributed by atoms with Gasteiger partial charge < -0.3 is 4.84 Å². The van der Waals surface area contributed by atoms with E-state index in [0.717, 1.165) is 6.92 Å². The zero-order chi connectivity index (χ0) is 9.72. The largest absolute Gasteiger partial charge is 0.332 e. The maximum Gasteiger partial charge on any atom is 0.332 e. The zero-order valence-corrected chi connectivity index (χ0v) is 7.08. The van der Waals surface area contributed by atoms with Crippen molar-refractivity contribution in [3.63, 3.8) is 0 Å². The maximum atomic E-state index is 10.7. The molecule has 0 aromatic carbocycles. The summed E-state index contributed by atoms with van der Waals surface area (Å²) in [4.78, 5) is 35.7. The summed E-state index contributed by atoms with van der Waals surface area (Å²) in [7, 11) is 0. The topological polar surface area (TPSA) is 72.8 Å². The van der Waals surface area contributed by atoms with Gasteiger partial charge in [0, 0.05) is 20.8 Å². The minimum atomic E-state index is -0.671. The van der Waals surface area contributed by atoms with Crippen LogP contribution in [0.15, 0.2) is 5.16 Å². The molecule has 0 unspecified atom stereocenters. The average molecular weight is 171 g/mol. The molecule has 0 atom stereocenters. The van der Waals surface area contributed by atoms with Gasteiger partial charge in [0.1, 0.15) is 0 Å². The summed E-state index contributed by atoms with van der Waals surface area (Å²) in [5.74, 6) is -1.72. The van der Waals surface area contributed by atoms with Crippen molar-refractivity contribution < 1.29 is 19.2 Å². The van der Waals surface area contributed by atoms with Crippen LogP contribution in [0.1, 0.15) is 20.8 Å². The van der Waals surface area contributed by atoms with Gasteiger partial charge in [-0.2, -0.15) is 0 Å². The lowest BCUT2D eigenvalue weighted by molar-refractivity contribution is -0.140. The van der Waals surface area contributed by atoms with Gasteiger partial charge in [0.05, 0.1) is 0 Å². The van der Waals surface area contributed by atoms with E-state index in [1.54, 1.807) is 0 Å². The first-order valence-electron chi connectivity index (χ1n) is 3.22. The Hall–Kier alpha value is -1.52. The SMILES string of the molecule is CC(=O)ON=C(C(C)=O)C(C)=O. The summed E-state index contributed by atoms with van der Waals surface area (Å²) in [6.07, 6.45) is 0. The molecule has 0 aliphatic carbocycles. The van der Waals surface area contributed by atoms with E-state index in [1.807, 2.05) is 0 Å². The Kier molecular flexibility index (Phi) is 3.82. The molecule has 0 radical (unpaired) electrons. The van der Waals surface area contributed by atoms with Gasteiger partial charge in [0.15, 0.2) is 17.3 Å². The summed E-state index contributed by atoms with van der Waals surface area (Å²) in [6.45, 7) is 3.47. The highest BCUT2D eigenvalue weighted by molar-refractivity contribution is 6.65. The van der Waals surface area contributed by atoms with Gasteiger partial charge in [-0.1, -0.05) is 5.16 Å². The molecular weight excluding hydrogens is 162 g/mol. The molecule has 5 nitrogen and oxygen atoms in total. The van der Waals surface area contributed by atoms with E-state index < -0.39 is 17.5 Å². The quantitative estimate of drug-likeness (QED) is 0.261. The molecule has 0 saturated carbocycles. The van der Waals surface area contributed by atoms with E-state index in [2.05, 4.69) is 9.99 Å². The van der Waals surface area contributed by atoms with Crippen molar-refractivity contribution in [2.45, 2.75) is 20.8 Å². The second-order valence-electron chi connectivity index (χ2n) is 2.14. The summed E-state index contributed by atoms with van der Waals surface area (Å²) in [6, 6.07) is 0. The fourth-order valence-electron chi connectivity index (χ4n) is 0.486. The molecule has 0 bridgehead atoms. The number of ketones is 2. The van der Waals surface area contributed by atoms with Crippen molar-refractivity contribution in [1.29, 1.82) is 0 Å². The molecule has 0 aromatic heterocycles. The second kappa shape index (κ2) is 4.38. The smallest absolute Gasteiger partial charge is 0.318 e. The molecule has 0 aliphatic heterocycles. The number of carbonyl (C=O) groups is 3. The van der Waals surface area contributed by atoms with Crippen molar-refractivity contribution in [3.8, 4) is 0 Å². The normalized spacial score (nSPS) is 8.58. The monoisotopic (exact) mass is 171 g/mol. The van der Waals surface area contributed by atoms with E-state index in [1.165, 1.54) is 13.8 Å². The summed E-state index contributed by atoms with van der Waals surface area (Å²) in [5.41, 5.74) is -0.356. The van der Waals surface area contributed by atoms with Crippen LogP contribution in [0.5, 0.6) is 0 Å². The molecule has 0 amide bonds. The third kappa shape index (κ3) is 3.60. The van der Waals surface area contributed by atoms with Crippen LogP contribution in [0, 0.1) is 0 Å². The van der Waals surface area contributed by atoms with Gasteiger partial charge in [-0.3, -0.25) is 9.59 Å². The first-order chi connectivity index (χ1) is 5.45. The van der Waals surface area contributed by atoms with E-state index in [4.69, 9.17) is 0 Å². The predicted octanol–water partition coefficient (Wildman–Crippen LogP) is 0.0835. The number of nitrogens with zero attached hydrogens (tertiary/aromatic N) is 1. The van der Waals surface area contributed by atoms with Crippen molar-refractivity contribution in [2.75, 3.05) is 0 Å². The first kappa shape index (κ1) is 10.5. The lowest BCUT2D eigenvalue weighted by Crippen LogP contribution is -2.19. The van der Waals surface area contributed by atoms with Crippen molar-refractivity contribution >= 4 is 23.2 Å². The molecule has 0 spiro atoms. The molecule has 66 valence electrons. The third-order valence-electron chi connectivity index (χ3n) is 0.932. The Morgan fingerprint density at radius 1 is 1.00 bits per heavy atom. The number of carbonyl (C=O) groups excluding carboxylic acids is 3. The van der Waals surface area contributed by atoms with Gasteiger partial charge in [0.2, 0.25) is 0 Å². The molecule has 0 saturated heterocycles. The van der Waals surface area contributed by atoms with Crippen molar-refractivity contribution in [1.82, 2.24) is 0 Å². The molecular formula is C7H9NO4. The maximum absolute atomic E-state index is 10.7. The predicted molar refractivity (Wildman–Crippen MR) is 40.6 cm³/mol. The zero-order valence-electron chi connectivity index (χ0n) is 7.08. The van der Waals surface area contributed by atoms with Crippen LogP contribution in [0.3, 0.4) is 0 Å². The fourth-order valence-corrected chi connectivity index (χ4v) is 0.486. The van der Waals surface area contributed by atoms with Crippen LogP contribution < -0.4 is 0 Å². The summed E-state index contributed by atoms with van der Waals surface area (Å²) >= 11 is 0. The Morgan fingerprint density at radius 3 is 1.67 bits per heavy atom. The van der Waals surface area contributed by atoms with Crippen LogP contribution in [0.2, 0.25) is 0 Å². The highest BCUT2D eigenvalue weighted by Gasteiger charge is 2.12. The number of rotatable bonds is 3. The number of Topliss-reactive ketones (excluding diaryl/α,β-unsaturated/α-hetero) is 2. The van der Waals surface area contributed by atoms with Gasteiger partial charge in [0.25, 0.3) is 0 Å². The van der Waals surface area contributed by atoms with E-state index in [9.17, 15) is 14.4 Å². The Bertz CT molecular complexity index is 238. The molecule has 0 aliphatic rings. The molecule has 0 heterocycles. The second-order valence-corrected chi connectivity index (χ2v) is 2.14. The van der Waals surface area contributed by atoms with Gasteiger partial charge in [-0.15, -0.1) is 0 Å². The highest BCUT2D eigenvalue weighted by Crippen LogP contribution is 1.87. The number of hydrogen-bond donors (Lipinski definition) is 0. The van der Waals surface area contributed by atoms with Crippen LogP contribution in [-0.4, -0.2) is 23.2 Å². The van der Waals surface area contributed by atoms with Crippen LogP contribution >= 0.6 is 0 Å². The third-order valence-corrected chi connectivity index (χ3v) is 0.932. The Balaban J connectivity index is 4.51. The summed E-state index contributed by atoms with van der Waals surface area (Å²) in [5, 5.41) is 3.09. The van der Waals surface area contributed by atoms with Crippen molar-refractivity contribution in [3.05, 3.63) is 0 Å². The number of hydrogen-bond acceptors (Lipinski definition) is 5. The highest BCUT2D eigenvalue weighted by atomic mass is 16.7. The molecule has 0 fully saturated rings. The molecule has 0 aromatic rings. The standard InChI is InChI=1S/C7H9NO4/c1-4(9)7(5(2)10)8-12-6(3)11/h1-3H3. The molecule has 0 rings (SSSR count). The molecule has 0 N–H and O–H groups in total. The van der Waals surface area contributed by atoms with E-state index >= 15 is 0 Å². The summed E-state index contributed by atoms with van der Waals surface area (Å²) < 4.78 is 0. The van der Waals surface area contributed by atoms with Crippen LogP contribution in [-0.2, 0) is 19.2 Å². The van der Waals surface area contributed by atoms with Gasteiger partial charge in [-0.05, 0) is 0 Å². The van der Waals surface area contributed by atoms with Gasteiger partial charge in [-0.25, -0.2) is 4.79 Å². The lowest BCUT2D eigenvalue weighted by atomic mass is 10.2. The lowest BCUT2D eigenvalue weighted by Gasteiger charge is -1.94. The first-order valence-corrected chi connectivity index (χ1v) is 3.22. The minimum Gasteiger partial charge on any atom is -0.318 e. The van der Waals surface area contributed by atoms with E-state index in [-0.39, 0.29) is 5.71 Å². The molecule has 5 heteroatoms. The molecule has 12 heavy (non-hydrogen) atoms. The Labute approximate surface area is 69.4 Å². The van der Waals surface area contributed by atoms with E-state index in [0.29, 0.717) is 0 Å². The van der Waals surface area contributed by atoms with Crippen molar-refractivity contribution in [2.24, 2.45) is 5.16 Å². The minimum absolute atomic E-state index is 0.356. The van der Waals surface area contributed by atoms with Gasteiger partial charge >= 0.3 is 5.97 Å². The van der Waals surface area contributed by atoms with Crippen LogP contribution in [0.25, 0.3) is 0 Å². The average Bonchev–Trinajstić information content (AvgIpc) is 1.84. The number of oxime groups is 1. The Morgan fingerprint density at radius 2 is 1.42 bits per heavy atom. The fraction of sp³-hybridized carbons (Fsp3) is 0.429.